The van der Waals surface area contributed by atoms with Gasteiger partial charge in [0.25, 0.3) is 0 Å². The first-order valence-electron chi connectivity index (χ1n) is 5.85. The zero-order chi connectivity index (χ0) is 13.4. The number of carboxylic acids is 1. The summed E-state index contributed by atoms with van der Waals surface area (Å²) in [5.41, 5.74) is 0.734. The van der Waals surface area contributed by atoms with Crippen molar-refractivity contribution in [1.82, 2.24) is 4.98 Å². The molecule has 1 heterocycles. The Morgan fingerprint density at radius 2 is 1.89 bits per heavy atom. The summed E-state index contributed by atoms with van der Waals surface area (Å²) in [5, 5.41) is 11.2. The molecular formula is C15H11NO3. The smallest absolute Gasteiger partial charge is 0.358 e. The number of benzene rings is 2. The third-order valence-electron chi connectivity index (χ3n) is 3.00. The van der Waals surface area contributed by atoms with E-state index in [1.165, 1.54) is 0 Å². The second-order valence-corrected chi connectivity index (χ2v) is 4.29. The van der Waals surface area contributed by atoms with E-state index < -0.39 is 5.97 Å². The topological polar surface area (TPSA) is 63.3 Å². The minimum absolute atomic E-state index is 0.0387. The molecule has 3 rings (SSSR count). The number of aryl methyl sites for hydroxylation is 1. The van der Waals surface area contributed by atoms with Crippen molar-refractivity contribution in [2.45, 2.75) is 6.92 Å². The third-order valence-corrected chi connectivity index (χ3v) is 3.00. The van der Waals surface area contributed by atoms with Gasteiger partial charge in [-0.15, -0.1) is 0 Å². The highest BCUT2D eigenvalue weighted by Gasteiger charge is 2.16. The van der Waals surface area contributed by atoms with Crippen LogP contribution in [0.15, 0.2) is 46.9 Å². The SMILES string of the molecule is Cc1oc(-c2ccc3ccccc3c2)nc1C(=O)O. The van der Waals surface area contributed by atoms with Crippen LogP contribution < -0.4 is 0 Å². The van der Waals surface area contributed by atoms with Crippen molar-refractivity contribution in [2.24, 2.45) is 0 Å². The van der Waals surface area contributed by atoms with Crippen LogP contribution in [0.4, 0.5) is 0 Å². The highest BCUT2D eigenvalue weighted by atomic mass is 16.4. The van der Waals surface area contributed by atoms with Crippen molar-refractivity contribution in [3.63, 3.8) is 0 Å². The van der Waals surface area contributed by atoms with Gasteiger partial charge in [-0.2, -0.15) is 0 Å². The van der Waals surface area contributed by atoms with Crippen LogP contribution in [0.2, 0.25) is 0 Å². The molecule has 4 nitrogen and oxygen atoms in total. The maximum atomic E-state index is 11.0. The van der Waals surface area contributed by atoms with Gasteiger partial charge in [0, 0.05) is 5.56 Å². The first-order valence-corrected chi connectivity index (χ1v) is 5.85. The molecule has 19 heavy (non-hydrogen) atoms. The second-order valence-electron chi connectivity index (χ2n) is 4.29. The lowest BCUT2D eigenvalue weighted by atomic mass is 10.1. The van der Waals surface area contributed by atoms with Gasteiger partial charge < -0.3 is 9.52 Å². The van der Waals surface area contributed by atoms with E-state index in [2.05, 4.69) is 4.98 Å². The molecule has 0 spiro atoms. The molecule has 0 saturated carbocycles. The minimum Gasteiger partial charge on any atom is -0.476 e. The molecular weight excluding hydrogens is 242 g/mol. The van der Waals surface area contributed by atoms with Gasteiger partial charge in [-0.05, 0) is 29.8 Å². The molecule has 0 aliphatic rings. The highest BCUT2D eigenvalue weighted by molar-refractivity contribution is 5.88. The van der Waals surface area contributed by atoms with Crippen LogP contribution >= 0.6 is 0 Å². The number of carbonyl (C=O) groups is 1. The Morgan fingerprint density at radius 1 is 1.16 bits per heavy atom. The number of oxazole rings is 1. The summed E-state index contributed by atoms with van der Waals surface area (Å²) >= 11 is 0. The van der Waals surface area contributed by atoms with Crippen LogP contribution in [-0.4, -0.2) is 16.1 Å². The van der Waals surface area contributed by atoms with E-state index >= 15 is 0 Å². The van der Waals surface area contributed by atoms with Gasteiger partial charge in [-0.3, -0.25) is 0 Å². The third kappa shape index (κ3) is 1.97. The Hall–Kier alpha value is -2.62. The molecule has 1 N–H and O–H groups in total. The molecule has 94 valence electrons. The van der Waals surface area contributed by atoms with Gasteiger partial charge in [0.2, 0.25) is 5.89 Å². The lowest BCUT2D eigenvalue weighted by Gasteiger charge is -1.99. The van der Waals surface area contributed by atoms with Gasteiger partial charge in [0.1, 0.15) is 5.76 Å². The first kappa shape index (κ1) is 11.5. The number of carboxylic acid groups (broad SMARTS) is 1. The fraction of sp³-hybridized carbons (Fsp3) is 0.0667. The molecule has 2 aromatic carbocycles. The molecule has 0 radical (unpaired) electrons. The molecule has 0 aliphatic heterocycles. The standard InChI is InChI=1S/C15H11NO3/c1-9-13(15(17)18)16-14(19-9)12-7-6-10-4-2-3-5-11(10)8-12/h2-8H,1H3,(H,17,18). The Morgan fingerprint density at radius 3 is 2.58 bits per heavy atom. The quantitative estimate of drug-likeness (QED) is 0.759. The largest absolute Gasteiger partial charge is 0.476 e. The molecule has 1 aromatic heterocycles. The van der Waals surface area contributed by atoms with E-state index in [0.717, 1.165) is 16.3 Å². The van der Waals surface area contributed by atoms with Gasteiger partial charge in [-0.1, -0.05) is 30.3 Å². The predicted molar refractivity (Wildman–Crippen MR) is 71.1 cm³/mol. The van der Waals surface area contributed by atoms with E-state index in [0.29, 0.717) is 11.7 Å². The van der Waals surface area contributed by atoms with E-state index in [1.54, 1.807) is 6.92 Å². The average Bonchev–Trinajstić information content (AvgIpc) is 2.80. The Balaban J connectivity index is 2.13. The van der Waals surface area contributed by atoms with Crippen molar-refractivity contribution in [2.75, 3.05) is 0 Å². The second kappa shape index (κ2) is 4.24. The van der Waals surface area contributed by atoms with Crippen LogP contribution in [0, 0.1) is 6.92 Å². The maximum Gasteiger partial charge on any atom is 0.358 e. The molecule has 0 amide bonds. The monoisotopic (exact) mass is 253 g/mol. The summed E-state index contributed by atoms with van der Waals surface area (Å²) in [6.07, 6.45) is 0. The van der Waals surface area contributed by atoms with Crippen LogP contribution in [0.25, 0.3) is 22.2 Å². The average molecular weight is 253 g/mol. The lowest BCUT2D eigenvalue weighted by Crippen LogP contribution is -1.98. The lowest BCUT2D eigenvalue weighted by molar-refractivity contribution is 0.0689. The van der Waals surface area contributed by atoms with Gasteiger partial charge in [0.05, 0.1) is 0 Å². The summed E-state index contributed by atoms with van der Waals surface area (Å²) in [7, 11) is 0. The van der Waals surface area contributed by atoms with Crippen molar-refractivity contribution < 1.29 is 14.3 Å². The van der Waals surface area contributed by atoms with Gasteiger partial charge >= 0.3 is 5.97 Å². The summed E-state index contributed by atoms with van der Waals surface area (Å²) < 4.78 is 5.42. The highest BCUT2D eigenvalue weighted by Crippen LogP contribution is 2.25. The molecule has 0 aliphatic carbocycles. The molecule has 0 fully saturated rings. The summed E-state index contributed by atoms with van der Waals surface area (Å²) in [4.78, 5) is 15.0. The molecule has 0 atom stereocenters. The number of fused-ring (bicyclic) bond motifs is 1. The first-order chi connectivity index (χ1) is 9.15. The van der Waals surface area contributed by atoms with E-state index in [9.17, 15) is 4.79 Å². The van der Waals surface area contributed by atoms with Crippen molar-refractivity contribution in [3.8, 4) is 11.5 Å². The number of aromatic nitrogens is 1. The number of hydrogen-bond donors (Lipinski definition) is 1. The van der Waals surface area contributed by atoms with E-state index in [-0.39, 0.29) is 5.69 Å². The van der Waals surface area contributed by atoms with Crippen molar-refractivity contribution in [3.05, 3.63) is 53.9 Å². The Kier molecular flexibility index (Phi) is 2.56. The van der Waals surface area contributed by atoms with Crippen LogP contribution in [0.3, 0.4) is 0 Å². The molecule has 0 saturated heterocycles. The number of hydrogen-bond acceptors (Lipinski definition) is 3. The molecule has 0 unspecified atom stereocenters. The van der Waals surface area contributed by atoms with Crippen LogP contribution in [-0.2, 0) is 0 Å². The fourth-order valence-electron chi connectivity index (χ4n) is 2.04. The fourth-order valence-corrected chi connectivity index (χ4v) is 2.04. The zero-order valence-corrected chi connectivity index (χ0v) is 10.3. The zero-order valence-electron chi connectivity index (χ0n) is 10.3. The molecule has 4 heteroatoms. The number of rotatable bonds is 2. The predicted octanol–water partition coefficient (Wildman–Crippen LogP) is 3.50. The van der Waals surface area contributed by atoms with E-state index in [1.807, 2.05) is 42.5 Å². The molecule has 3 aromatic rings. The summed E-state index contributed by atoms with van der Waals surface area (Å²) in [6, 6.07) is 13.7. The summed E-state index contributed by atoms with van der Waals surface area (Å²) in [6.45, 7) is 1.60. The van der Waals surface area contributed by atoms with Crippen LogP contribution in [0.1, 0.15) is 16.2 Å². The van der Waals surface area contributed by atoms with Gasteiger partial charge in [0.15, 0.2) is 5.69 Å². The van der Waals surface area contributed by atoms with Crippen LogP contribution in [0.5, 0.6) is 0 Å². The maximum absolute atomic E-state index is 11.0. The normalized spacial score (nSPS) is 10.8. The summed E-state index contributed by atoms with van der Waals surface area (Å²) in [5.74, 6) is -0.426. The molecule has 0 bridgehead atoms. The van der Waals surface area contributed by atoms with Gasteiger partial charge in [-0.25, -0.2) is 9.78 Å². The van der Waals surface area contributed by atoms with Crippen molar-refractivity contribution >= 4 is 16.7 Å². The van der Waals surface area contributed by atoms with Crippen molar-refractivity contribution in [1.29, 1.82) is 0 Å². The Bertz CT molecular complexity index is 774. The number of nitrogens with zero attached hydrogens (tertiary/aromatic N) is 1. The minimum atomic E-state index is -1.08. The Labute approximate surface area is 109 Å². The number of aromatic carboxylic acids is 1. The van der Waals surface area contributed by atoms with E-state index in [4.69, 9.17) is 9.52 Å².